The molecule has 180 valence electrons. The summed E-state index contributed by atoms with van der Waals surface area (Å²) in [6, 6.07) is 5.50. The van der Waals surface area contributed by atoms with Crippen LogP contribution < -0.4 is 10.1 Å². The van der Waals surface area contributed by atoms with Crippen LogP contribution in [0.1, 0.15) is 54.4 Å². The molecular formula is C23H27ClN6O2S2. The van der Waals surface area contributed by atoms with E-state index in [2.05, 4.69) is 32.3 Å². The Labute approximate surface area is 212 Å². The molecule has 3 aromatic rings. The minimum atomic E-state index is -0.154. The van der Waals surface area contributed by atoms with Gasteiger partial charge in [0.2, 0.25) is 11.0 Å². The van der Waals surface area contributed by atoms with E-state index in [9.17, 15) is 4.79 Å². The van der Waals surface area contributed by atoms with Crippen LogP contribution in [0.2, 0.25) is 5.02 Å². The van der Waals surface area contributed by atoms with E-state index < -0.39 is 0 Å². The van der Waals surface area contributed by atoms with Gasteiger partial charge in [-0.1, -0.05) is 60.0 Å². The third kappa shape index (κ3) is 6.37. The van der Waals surface area contributed by atoms with E-state index in [1.165, 1.54) is 42.4 Å². The lowest BCUT2D eigenvalue weighted by atomic mass is 9.90. The molecule has 1 saturated carbocycles. The fourth-order valence-corrected chi connectivity index (χ4v) is 5.60. The van der Waals surface area contributed by atoms with E-state index in [-0.39, 0.29) is 18.3 Å². The van der Waals surface area contributed by atoms with Gasteiger partial charge in [0.15, 0.2) is 11.0 Å². The molecule has 0 bridgehead atoms. The number of aromatic nitrogens is 5. The first-order valence-corrected chi connectivity index (χ1v) is 13.4. The summed E-state index contributed by atoms with van der Waals surface area (Å²) in [5.41, 5.74) is 0.940. The number of nitrogens with one attached hydrogen (secondary N) is 1. The molecule has 0 atom stereocenters. The van der Waals surface area contributed by atoms with Gasteiger partial charge in [-0.15, -0.1) is 27.0 Å². The van der Waals surface area contributed by atoms with Gasteiger partial charge in [-0.3, -0.25) is 14.7 Å². The number of nitrogens with zero attached hydrogens (tertiary/aromatic N) is 5. The number of hydrogen-bond acceptors (Lipinski definition) is 8. The van der Waals surface area contributed by atoms with Crippen molar-refractivity contribution >= 4 is 45.7 Å². The zero-order chi connectivity index (χ0) is 23.9. The van der Waals surface area contributed by atoms with Gasteiger partial charge < -0.3 is 4.74 Å². The molecule has 1 aliphatic carbocycles. The predicted molar refractivity (Wildman–Crippen MR) is 136 cm³/mol. The molecule has 0 spiro atoms. The van der Waals surface area contributed by atoms with Crippen molar-refractivity contribution in [1.82, 2.24) is 25.0 Å². The van der Waals surface area contributed by atoms with E-state index >= 15 is 0 Å². The fourth-order valence-electron chi connectivity index (χ4n) is 3.78. The Morgan fingerprint density at radius 3 is 2.88 bits per heavy atom. The summed E-state index contributed by atoms with van der Waals surface area (Å²) in [5, 5.41) is 22.7. The third-order valence-corrected chi connectivity index (χ3v) is 7.97. The Kier molecular flexibility index (Phi) is 8.58. The topological polar surface area (TPSA) is 94.8 Å². The van der Waals surface area contributed by atoms with Gasteiger partial charge in [-0.25, -0.2) is 0 Å². The molecular weight excluding hydrogens is 492 g/mol. The van der Waals surface area contributed by atoms with Crippen molar-refractivity contribution in [2.45, 2.75) is 63.3 Å². The van der Waals surface area contributed by atoms with Crippen LogP contribution in [0.25, 0.3) is 0 Å². The highest BCUT2D eigenvalue weighted by Gasteiger charge is 2.20. The second-order valence-corrected chi connectivity index (χ2v) is 10.5. The summed E-state index contributed by atoms with van der Waals surface area (Å²) >= 11 is 8.87. The monoisotopic (exact) mass is 518 g/mol. The van der Waals surface area contributed by atoms with Gasteiger partial charge in [-0.2, -0.15) is 0 Å². The van der Waals surface area contributed by atoms with E-state index in [4.69, 9.17) is 16.3 Å². The van der Waals surface area contributed by atoms with Gasteiger partial charge in [0.25, 0.3) is 0 Å². The lowest BCUT2D eigenvalue weighted by molar-refractivity contribution is -0.113. The molecule has 0 saturated heterocycles. The predicted octanol–water partition coefficient (Wildman–Crippen LogP) is 5.63. The summed E-state index contributed by atoms with van der Waals surface area (Å²) < 4.78 is 7.76. The SMILES string of the molecule is C=CCn1c(COc2ccc(Cl)c(C)c2)nnc1SCC(=O)Nc1nnc(C2CCCCC2)s1. The average molecular weight is 519 g/mol. The number of rotatable bonds is 10. The van der Waals surface area contributed by atoms with Crippen molar-refractivity contribution in [2.24, 2.45) is 0 Å². The summed E-state index contributed by atoms with van der Waals surface area (Å²) in [6.45, 7) is 6.49. The number of halogens is 1. The minimum absolute atomic E-state index is 0.154. The summed E-state index contributed by atoms with van der Waals surface area (Å²) in [7, 11) is 0. The van der Waals surface area contributed by atoms with Crippen molar-refractivity contribution in [3.8, 4) is 5.75 Å². The lowest BCUT2D eigenvalue weighted by Crippen LogP contribution is -2.15. The maximum Gasteiger partial charge on any atom is 0.236 e. The quantitative estimate of drug-likeness (QED) is 0.274. The highest BCUT2D eigenvalue weighted by Crippen LogP contribution is 2.35. The van der Waals surface area contributed by atoms with Crippen LogP contribution in [0.15, 0.2) is 36.0 Å². The van der Waals surface area contributed by atoms with Crippen LogP contribution in [-0.2, 0) is 17.9 Å². The van der Waals surface area contributed by atoms with Crippen molar-refractivity contribution < 1.29 is 9.53 Å². The zero-order valence-electron chi connectivity index (χ0n) is 19.0. The summed E-state index contributed by atoms with van der Waals surface area (Å²) in [5.74, 6) is 1.86. The molecule has 11 heteroatoms. The number of carbonyl (C=O) groups is 1. The molecule has 1 aromatic carbocycles. The normalized spacial score (nSPS) is 14.2. The van der Waals surface area contributed by atoms with Gasteiger partial charge >= 0.3 is 0 Å². The summed E-state index contributed by atoms with van der Waals surface area (Å²) in [4.78, 5) is 12.5. The maximum atomic E-state index is 12.5. The first kappa shape index (κ1) is 24.7. The van der Waals surface area contributed by atoms with Crippen LogP contribution in [-0.4, -0.2) is 36.6 Å². The number of amides is 1. The number of anilines is 1. The van der Waals surface area contributed by atoms with Crippen LogP contribution >= 0.6 is 34.7 Å². The average Bonchev–Trinajstić information content (AvgIpc) is 3.46. The van der Waals surface area contributed by atoms with E-state index in [1.807, 2.05) is 23.6 Å². The van der Waals surface area contributed by atoms with Gasteiger partial charge in [-0.05, 0) is 43.5 Å². The molecule has 2 aromatic heterocycles. The number of benzene rings is 1. The summed E-state index contributed by atoms with van der Waals surface area (Å²) in [6.07, 6.45) is 7.83. The molecule has 0 aliphatic heterocycles. The second kappa shape index (κ2) is 11.8. The smallest absolute Gasteiger partial charge is 0.236 e. The Bertz CT molecular complexity index is 1140. The molecule has 1 aliphatic rings. The standard InChI is InChI=1S/C23H27ClN6O2S2/c1-3-11-30-19(13-32-17-9-10-18(24)15(2)12-17)26-29-23(30)33-14-20(31)25-22-28-27-21(34-22)16-7-5-4-6-8-16/h3,9-10,12,16H,1,4-8,11,13-14H2,2H3,(H,25,28,31). The highest BCUT2D eigenvalue weighted by atomic mass is 35.5. The molecule has 0 radical (unpaired) electrons. The molecule has 1 N–H and O–H groups in total. The molecule has 2 heterocycles. The largest absolute Gasteiger partial charge is 0.486 e. The van der Waals surface area contributed by atoms with Gasteiger partial charge in [0.05, 0.1) is 5.75 Å². The van der Waals surface area contributed by atoms with E-state index in [1.54, 1.807) is 12.1 Å². The van der Waals surface area contributed by atoms with Gasteiger partial charge in [0.1, 0.15) is 17.4 Å². The molecule has 0 unspecified atom stereocenters. The third-order valence-electron chi connectivity index (χ3n) is 5.58. The van der Waals surface area contributed by atoms with Crippen molar-refractivity contribution in [3.63, 3.8) is 0 Å². The fraction of sp³-hybridized carbons (Fsp3) is 0.435. The minimum Gasteiger partial charge on any atom is -0.486 e. The maximum absolute atomic E-state index is 12.5. The molecule has 34 heavy (non-hydrogen) atoms. The first-order valence-electron chi connectivity index (χ1n) is 11.2. The van der Waals surface area contributed by atoms with Crippen molar-refractivity contribution in [3.05, 3.63) is 52.3 Å². The van der Waals surface area contributed by atoms with Crippen molar-refractivity contribution in [2.75, 3.05) is 11.1 Å². The molecule has 1 amide bonds. The molecule has 1 fully saturated rings. The number of ether oxygens (including phenoxy) is 1. The van der Waals surface area contributed by atoms with Crippen LogP contribution in [0.5, 0.6) is 5.75 Å². The Hall–Kier alpha value is -2.43. The second-order valence-electron chi connectivity index (χ2n) is 8.11. The van der Waals surface area contributed by atoms with Crippen LogP contribution in [0.4, 0.5) is 5.13 Å². The van der Waals surface area contributed by atoms with Gasteiger partial charge in [0, 0.05) is 17.5 Å². The Balaban J connectivity index is 1.32. The number of aryl methyl sites for hydroxylation is 1. The van der Waals surface area contributed by atoms with Crippen LogP contribution in [0, 0.1) is 6.92 Å². The van der Waals surface area contributed by atoms with Crippen molar-refractivity contribution in [1.29, 1.82) is 0 Å². The van der Waals surface area contributed by atoms with E-state index in [0.29, 0.717) is 39.3 Å². The first-order chi connectivity index (χ1) is 16.5. The number of thioether (sulfide) groups is 1. The van der Waals surface area contributed by atoms with E-state index in [0.717, 1.165) is 23.4 Å². The molecule has 4 rings (SSSR count). The highest BCUT2D eigenvalue weighted by molar-refractivity contribution is 7.99. The Morgan fingerprint density at radius 1 is 1.29 bits per heavy atom. The number of hydrogen-bond donors (Lipinski definition) is 1. The zero-order valence-corrected chi connectivity index (χ0v) is 21.4. The Morgan fingerprint density at radius 2 is 2.12 bits per heavy atom. The molecule has 8 nitrogen and oxygen atoms in total. The number of carbonyl (C=O) groups excluding carboxylic acids is 1. The lowest BCUT2D eigenvalue weighted by Gasteiger charge is -2.18. The number of allylic oxidation sites excluding steroid dienone is 1. The van der Waals surface area contributed by atoms with Crippen LogP contribution in [0.3, 0.4) is 0 Å².